The predicted molar refractivity (Wildman–Crippen MR) is 61.6 cm³/mol. The highest BCUT2D eigenvalue weighted by molar-refractivity contribution is 7.90. The molecule has 0 bridgehead atoms. The highest BCUT2D eigenvalue weighted by Crippen LogP contribution is 2.46. The number of nitrogens with one attached hydrogen (secondary N) is 1. The first-order valence-corrected chi connectivity index (χ1v) is 8.01. The normalized spacial score (nSPS) is 32.1. The van der Waals surface area contributed by atoms with Crippen molar-refractivity contribution in [1.29, 1.82) is 0 Å². The van der Waals surface area contributed by atoms with Gasteiger partial charge in [0.05, 0.1) is 0 Å². The highest BCUT2D eigenvalue weighted by atomic mass is 32.2. The molecule has 2 fully saturated rings. The van der Waals surface area contributed by atoms with Crippen molar-refractivity contribution >= 4 is 9.84 Å². The van der Waals surface area contributed by atoms with Gasteiger partial charge < -0.3 is 5.32 Å². The van der Waals surface area contributed by atoms with Crippen LogP contribution < -0.4 is 5.32 Å². The minimum absolute atomic E-state index is 0.310. The summed E-state index contributed by atoms with van der Waals surface area (Å²) >= 11 is 0. The fourth-order valence-electron chi connectivity index (χ4n) is 2.88. The van der Waals surface area contributed by atoms with Crippen molar-refractivity contribution in [1.82, 2.24) is 5.32 Å². The predicted octanol–water partition coefficient (Wildman–Crippen LogP) is 1.34. The summed E-state index contributed by atoms with van der Waals surface area (Å²) in [5.74, 6) is 1.18. The number of hydrogen-bond acceptors (Lipinski definition) is 3. The molecule has 1 aliphatic carbocycles. The molecule has 2 aliphatic rings. The summed E-state index contributed by atoms with van der Waals surface area (Å²) in [4.78, 5) is 0. The molecule has 0 aromatic rings. The molecule has 1 atom stereocenters. The quantitative estimate of drug-likeness (QED) is 0.777. The summed E-state index contributed by atoms with van der Waals surface area (Å²) in [6.07, 6.45) is 8.39. The SMILES string of the molecule is CS(=O)(=O)CCCC1(C2CC2)CCCN1. The molecule has 1 heterocycles. The first-order chi connectivity index (χ1) is 7.02. The molecular weight excluding hydrogens is 210 g/mol. The lowest BCUT2D eigenvalue weighted by molar-refractivity contribution is 0.299. The van der Waals surface area contributed by atoms with Crippen molar-refractivity contribution < 1.29 is 8.42 Å². The van der Waals surface area contributed by atoms with Gasteiger partial charge in [0.2, 0.25) is 0 Å². The summed E-state index contributed by atoms with van der Waals surface area (Å²) in [5.41, 5.74) is 0.310. The Morgan fingerprint density at radius 3 is 2.60 bits per heavy atom. The summed E-state index contributed by atoms with van der Waals surface area (Å²) in [5, 5.41) is 3.62. The van der Waals surface area contributed by atoms with Gasteiger partial charge in [0.25, 0.3) is 0 Å². The van der Waals surface area contributed by atoms with E-state index in [0.29, 0.717) is 11.3 Å². The van der Waals surface area contributed by atoms with E-state index in [1.165, 1.54) is 31.9 Å². The van der Waals surface area contributed by atoms with E-state index in [9.17, 15) is 8.42 Å². The Hall–Kier alpha value is -0.0900. The van der Waals surface area contributed by atoms with Crippen LogP contribution in [0.2, 0.25) is 0 Å². The number of sulfone groups is 1. The van der Waals surface area contributed by atoms with Crippen LogP contribution in [0.4, 0.5) is 0 Å². The van der Waals surface area contributed by atoms with Crippen LogP contribution in [0.25, 0.3) is 0 Å². The topological polar surface area (TPSA) is 46.2 Å². The lowest BCUT2D eigenvalue weighted by Crippen LogP contribution is -2.42. The van der Waals surface area contributed by atoms with Gasteiger partial charge in [-0.05, 0) is 51.0 Å². The minimum atomic E-state index is -2.78. The molecule has 1 saturated heterocycles. The zero-order valence-corrected chi connectivity index (χ0v) is 10.3. The maximum atomic E-state index is 11.1. The number of hydrogen-bond donors (Lipinski definition) is 1. The molecular formula is C11H21NO2S. The van der Waals surface area contributed by atoms with Crippen molar-refractivity contribution in [3.8, 4) is 0 Å². The lowest BCUT2D eigenvalue weighted by Gasteiger charge is -2.29. The van der Waals surface area contributed by atoms with Gasteiger partial charge >= 0.3 is 0 Å². The van der Waals surface area contributed by atoms with Crippen LogP contribution in [0, 0.1) is 5.92 Å². The standard InChI is InChI=1S/C11H21NO2S/c1-15(13,14)9-3-7-11(10-4-5-10)6-2-8-12-11/h10,12H,2-9H2,1H3. The monoisotopic (exact) mass is 231 g/mol. The van der Waals surface area contributed by atoms with Crippen molar-refractivity contribution in [2.45, 2.75) is 44.1 Å². The molecule has 1 saturated carbocycles. The molecule has 1 aliphatic heterocycles. The molecule has 15 heavy (non-hydrogen) atoms. The second-order valence-electron chi connectivity index (χ2n) is 5.19. The third-order valence-corrected chi connectivity index (χ3v) is 4.80. The second-order valence-corrected chi connectivity index (χ2v) is 7.45. The van der Waals surface area contributed by atoms with Crippen molar-refractivity contribution in [3.63, 3.8) is 0 Å². The van der Waals surface area contributed by atoms with Crippen LogP contribution in [-0.4, -0.2) is 32.5 Å². The summed E-state index contributed by atoms with van der Waals surface area (Å²) in [6, 6.07) is 0. The van der Waals surface area contributed by atoms with Crippen molar-refractivity contribution in [2.24, 2.45) is 5.92 Å². The smallest absolute Gasteiger partial charge is 0.147 e. The van der Waals surface area contributed by atoms with E-state index in [-0.39, 0.29) is 0 Å². The van der Waals surface area contributed by atoms with Crippen LogP contribution in [0.15, 0.2) is 0 Å². The van der Waals surface area contributed by atoms with Gasteiger partial charge in [0.1, 0.15) is 9.84 Å². The van der Waals surface area contributed by atoms with Crippen LogP contribution in [0.3, 0.4) is 0 Å². The number of rotatable bonds is 5. The Kier molecular flexibility index (Phi) is 3.08. The average Bonchev–Trinajstić information content (AvgIpc) is 2.87. The van der Waals surface area contributed by atoms with Gasteiger partial charge in [0.15, 0.2) is 0 Å². The van der Waals surface area contributed by atoms with Gasteiger partial charge in [0, 0.05) is 17.5 Å². The van der Waals surface area contributed by atoms with E-state index in [0.717, 1.165) is 25.3 Å². The Morgan fingerprint density at radius 1 is 1.40 bits per heavy atom. The zero-order valence-electron chi connectivity index (χ0n) is 9.46. The van der Waals surface area contributed by atoms with Gasteiger partial charge in [-0.1, -0.05) is 0 Å². The Bertz CT molecular complexity index is 313. The molecule has 0 radical (unpaired) electrons. The Balaban J connectivity index is 1.85. The molecule has 0 aromatic heterocycles. The first-order valence-electron chi connectivity index (χ1n) is 5.95. The third-order valence-electron chi connectivity index (χ3n) is 3.77. The third kappa shape index (κ3) is 2.94. The van der Waals surface area contributed by atoms with E-state index in [2.05, 4.69) is 5.32 Å². The largest absolute Gasteiger partial charge is 0.311 e. The van der Waals surface area contributed by atoms with Gasteiger partial charge in [-0.25, -0.2) is 8.42 Å². The molecule has 1 unspecified atom stereocenters. The molecule has 2 rings (SSSR count). The molecule has 0 amide bonds. The van der Waals surface area contributed by atoms with Crippen molar-refractivity contribution in [3.05, 3.63) is 0 Å². The lowest BCUT2D eigenvalue weighted by atomic mass is 9.87. The fourth-order valence-corrected chi connectivity index (χ4v) is 3.55. The summed E-state index contributed by atoms with van der Waals surface area (Å²) < 4.78 is 22.1. The van der Waals surface area contributed by atoms with E-state index in [1.807, 2.05) is 0 Å². The Morgan fingerprint density at radius 2 is 2.13 bits per heavy atom. The molecule has 4 heteroatoms. The zero-order chi connectivity index (χ0) is 10.9. The van der Waals surface area contributed by atoms with E-state index in [1.54, 1.807) is 0 Å². The minimum Gasteiger partial charge on any atom is -0.311 e. The molecule has 1 N–H and O–H groups in total. The van der Waals surface area contributed by atoms with Gasteiger partial charge in [-0.3, -0.25) is 0 Å². The van der Waals surface area contributed by atoms with Crippen molar-refractivity contribution in [2.75, 3.05) is 18.6 Å². The molecule has 0 spiro atoms. The van der Waals surface area contributed by atoms with Crippen LogP contribution in [-0.2, 0) is 9.84 Å². The maximum Gasteiger partial charge on any atom is 0.147 e. The summed E-state index contributed by atoms with van der Waals surface area (Å²) in [6.45, 7) is 1.12. The second kappa shape index (κ2) is 4.06. The van der Waals surface area contributed by atoms with Gasteiger partial charge in [-0.2, -0.15) is 0 Å². The Labute approximate surface area is 92.6 Å². The first kappa shape index (κ1) is 11.4. The fraction of sp³-hybridized carbons (Fsp3) is 1.00. The highest BCUT2D eigenvalue weighted by Gasteiger charge is 2.45. The van der Waals surface area contributed by atoms with Crippen LogP contribution in [0.1, 0.15) is 38.5 Å². The molecule has 0 aromatic carbocycles. The van der Waals surface area contributed by atoms with E-state index >= 15 is 0 Å². The van der Waals surface area contributed by atoms with E-state index in [4.69, 9.17) is 0 Å². The molecule has 3 nitrogen and oxygen atoms in total. The van der Waals surface area contributed by atoms with Crippen LogP contribution >= 0.6 is 0 Å². The van der Waals surface area contributed by atoms with E-state index < -0.39 is 9.84 Å². The van der Waals surface area contributed by atoms with Crippen LogP contribution in [0.5, 0.6) is 0 Å². The van der Waals surface area contributed by atoms with Gasteiger partial charge in [-0.15, -0.1) is 0 Å². The average molecular weight is 231 g/mol. The molecule has 88 valence electrons. The maximum absolute atomic E-state index is 11.1. The summed E-state index contributed by atoms with van der Waals surface area (Å²) in [7, 11) is -2.78.